The first-order valence-electron chi connectivity index (χ1n) is 7.02. The molecule has 2 rings (SSSR count). The quantitative estimate of drug-likeness (QED) is 0.730. The van der Waals surface area contributed by atoms with Crippen LogP contribution in [0.25, 0.3) is 0 Å². The molecule has 0 bridgehead atoms. The fourth-order valence-electron chi connectivity index (χ4n) is 3.57. The number of nitrogens with zero attached hydrogens (tertiary/aromatic N) is 2. The minimum atomic E-state index is 0.455. The van der Waals surface area contributed by atoms with Gasteiger partial charge < -0.3 is 9.80 Å². The van der Waals surface area contributed by atoms with E-state index in [1.807, 2.05) is 0 Å². The van der Waals surface area contributed by atoms with Crippen LogP contribution in [-0.4, -0.2) is 49.1 Å². The predicted molar refractivity (Wildman–Crippen MR) is 74.2 cm³/mol. The van der Waals surface area contributed by atoms with Crippen molar-refractivity contribution in [1.82, 2.24) is 9.80 Å². The molecule has 0 unspecified atom stereocenters. The van der Waals surface area contributed by atoms with E-state index in [1.54, 1.807) is 0 Å². The molecule has 2 aliphatic heterocycles. The molecule has 17 heavy (non-hydrogen) atoms. The average molecular weight is 238 g/mol. The summed E-state index contributed by atoms with van der Waals surface area (Å²) in [6.45, 7) is 21.9. The van der Waals surface area contributed by atoms with Gasteiger partial charge in [-0.3, -0.25) is 0 Å². The molecular weight excluding hydrogens is 208 g/mol. The van der Waals surface area contributed by atoms with E-state index >= 15 is 0 Å². The SMILES string of the molecule is CC(C)(C)CN1CC2(C1)CN(CC(C)(C)C)C2. The largest absolute Gasteiger partial charge is 0.301 e. The van der Waals surface area contributed by atoms with E-state index < -0.39 is 0 Å². The van der Waals surface area contributed by atoms with Gasteiger partial charge in [-0.25, -0.2) is 0 Å². The minimum Gasteiger partial charge on any atom is -0.301 e. The highest BCUT2D eigenvalue weighted by molar-refractivity contribution is 5.06. The Morgan fingerprint density at radius 2 is 1.00 bits per heavy atom. The molecule has 0 aromatic heterocycles. The summed E-state index contributed by atoms with van der Waals surface area (Å²) in [5.74, 6) is 0. The maximum atomic E-state index is 2.63. The second-order valence-electron chi connectivity index (χ2n) is 8.91. The van der Waals surface area contributed by atoms with Crippen LogP contribution in [0.2, 0.25) is 0 Å². The van der Waals surface area contributed by atoms with Crippen LogP contribution in [0.15, 0.2) is 0 Å². The summed E-state index contributed by atoms with van der Waals surface area (Å²) in [6.07, 6.45) is 0. The second kappa shape index (κ2) is 3.96. The first kappa shape index (κ1) is 13.4. The Labute approximate surface area is 107 Å². The average Bonchev–Trinajstić information content (AvgIpc) is 1.90. The van der Waals surface area contributed by atoms with Gasteiger partial charge in [-0.2, -0.15) is 0 Å². The van der Waals surface area contributed by atoms with Crippen LogP contribution < -0.4 is 0 Å². The van der Waals surface area contributed by atoms with Gasteiger partial charge in [-0.1, -0.05) is 41.5 Å². The Bertz CT molecular complexity index is 237. The normalized spacial score (nSPS) is 25.8. The maximum absolute atomic E-state index is 2.63. The Balaban J connectivity index is 1.69. The molecule has 1 spiro atoms. The Kier molecular flexibility index (Phi) is 3.11. The fourth-order valence-corrected chi connectivity index (χ4v) is 3.57. The third kappa shape index (κ3) is 3.45. The smallest absolute Gasteiger partial charge is 0.0212 e. The molecule has 2 nitrogen and oxygen atoms in total. The third-order valence-corrected chi connectivity index (χ3v) is 3.63. The number of rotatable bonds is 2. The van der Waals surface area contributed by atoms with E-state index in [2.05, 4.69) is 51.3 Å². The summed E-state index contributed by atoms with van der Waals surface area (Å²) in [4.78, 5) is 5.27. The summed E-state index contributed by atoms with van der Waals surface area (Å²) < 4.78 is 0. The van der Waals surface area contributed by atoms with E-state index in [-0.39, 0.29) is 0 Å². The van der Waals surface area contributed by atoms with Crippen molar-refractivity contribution in [3.8, 4) is 0 Å². The maximum Gasteiger partial charge on any atom is 0.0212 e. The number of hydrogen-bond donors (Lipinski definition) is 0. The van der Waals surface area contributed by atoms with Crippen molar-refractivity contribution >= 4 is 0 Å². The van der Waals surface area contributed by atoms with Gasteiger partial charge in [-0.15, -0.1) is 0 Å². The molecule has 2 fully saturated rings. The number of likely N-dealkylation sites (tertiary alicyclic amines) is 2. The molecule has 2 saturated heterocycles. The highest BCUT2D eigenvalue weighted by Gasteiger charge is 2.52. The van der Waals surface area contributed by atoms with Crippen molar-refractivity contribution < 1.29 is 0 Å². The molecule has 0 atom stereocenters. The van der Waals surface area contributed by atoms with Gasteiger partial charge in [0, 0.05) is 44.7 Å². The minimum absolute atomic E-state index is 0.455. The highest BCUT2D eigenvalue weighted by atomic mass is 15.3. The van der Waals surface area contributed by atoms with Gasteiger partial charge in [0.2, 0.25) is 0 Å². The number of hydrogen-bond acceptors (Lipinski definition) is 2. The first-order chi connectivity index (χ1) is 7.57. The summed E-state index contributed by atoms with van der Waals surface area (Å²) >= 11 is 0. The lowest BCUT2D eigenvalue weighted by Gasteiger charge is -2.62. The van der Waals surface area contributed by atoms with E-state index in [9.17, 15) is 0 Å². The molecule has 0 aromatic carbocycles. The zero-order valence-corrected chi connectivity index (χ0v) is 12.6. The molecule has 2 heteroatoms. The van der Waals surface area contributed by atoms with Gasteiger partial charge in [-0.05, 0) is 10.8 Å². The van der Waals surface area contributed by atoms with Crippen LogP contribution in [0.5, 0.6) is 0 Å². The van der Waals surface area contributed by atoms with Crippen LogP contribution in [0.3, 0.4) is 0 Å². The van der Waals surface area contributed by atoms with Crippen LogP contribution in [0.4, 0.5) is 0 Å². The second-order valence-corrected chi connectivity index (χ2v) is 8.91. The molecular formula is C15H30N2. The first-order valence-corrected chi connectivity index (χ1v) is 7.02. The van der Waals surface area contributed by atoms with Gasteiger partial charge in [0.1, 0.15) is 0 Å². The van der Waals surface area contributed by atoms with Crippen molar-refractivity contribution in [2.24, 2.45) is 16.2 Å². The molecule has 0 saturated carbocycles. The Hall–Kier alpha value is -0.0800. The van der Waals surface area contributed by atoms with E-state index in [0.29, 0.717) is 16.2 Å². The molecule has 0 radical (unpaired) electrons. The standard InChI is InChI=1S/C15H30N2/c1-13(2,3)7-16-9-15(10-16)11-17(12-15)8-14(4,5)6/h7-12H2,1-6H3. The van der Waals surface area contributed by atoms with Crippen LogP contribution in [0, 0.1) is 16.2 Å². The Morgan fingerprint density at radius 1 is 0.706 bits per heavy atom. The topological polar surface area (TPSA) is 6.48 Å². The van der Waals surface area contributed by atoms with E-state index in [0.717, 1.165) is 0 Å². The summed E-state index contributed by atoms with van der Waals surface area (Å²) in [5.41, 5.74) is 1.59. The van der Waals surface area contributed by atoms with Crippen molar-refractivity contribution in [3.05, 3.63) is 0 Å². The van der Waals surface area contributed by atoms with Crippen molar-refractivity contribution in [2.75, 3.05) is 39.3 Å². The summed E-state index contributed by atoms with van der Waals surface area (Å²) in [5, 5.41) is 0. The van der Waals surface area contributed by atoms with Gasteiger partial charge in [0.15, 0.2) is 0 Å². The fraction of sp³-hybridized carbons (Fsp3) is 1.00. The zero-order valence-electron chi connectivity index (χ0n) is 12.6. The molecule has 0 aromatic rings. The molecule has 2 heterocycles. The molecule has 100 valence electrons. The van der Waals surface area contributed by atoms with Gasteiger partial charge in [0.05, 0.1) is 0 Å². The van der Waals surface area contributed by atoms with Gasteiger partial charge >= 0.3 is 0 Å². The van der Waals surface area contributed by atoms with E-state index in [1.165, 1.54) is 39.3 Å². The highest BCUT2D eigenvalue weighted by Crippen LogP contribution is 2.41. The lowest BCUT2D eigenvalue weighted by Crippen LogP contribution is -2.73. The molecule has 0 amide bonds. The van der Waals surface area contributed by atoms with Crippen molar-refractivity contribution in [3.63, 3.8) is 0 Å². The lowest BCUT2D eigenvalue weighted by atomic mass is 9.71. The van der Waals surface area contributed by atoms with Gasteiger partial charge in [0.25, 0.3) is 0 Å². The van der Waals surface area contributed by atoms with Crippen molar-refractivity contribution in [1.29, 1.82) is 0 Å². The monoisotopic (exact) mass is 238 g/mol. The summed E-state index contributed by atoms with van der Waals surface area (Å²) in [6, 6.07) is 0. The molecule has 0 aliphatic carbocycles. The third-order valence-electron chi connectivity index (χ3n) is 3.63. The molecule has 0 N–H and O–H groups in total. The Morgan fingerprint density at radius 3 is 1.24 bits per heavy atom. The molecule has 2 aliphatic rings. The lowest BCUT2D eigenvalue weighted by molar-refractivity contribution is -0.129. The summed E-state index contributed by atoms with van der Waals surface area (Å²) in [7, 11) is 0. The van der Waals surface area contributed by atoms with Crippen LogP contribution in [-0.2, 0) is 0 Å². The van der Waals surface area contributed by atoms with Crippen LogP contribution >= 0.6 is 0 Å². The van der Waals surface area contributed by atoms with Crippen LogP contribution in [0.1, 0.15) is 41.5 Å². The predicted octanol–water partition coefficient (Wildman–Crippen LogP) is 2.70. The van der Waals surface area contributed by atoms with E-state index in [4.69, 9.17) is 0 Å². The zero-order chi connectivity index (χ0) is 12.9. The van der Waals surface area contributed by atoms with Crippen molar-refractivity contribution in [2.45, 2.75) is 41.5 Å².